The van der Waals surface area contributed by atoms with Crippen molar-refractivity contribution >= 4 is 11.9 Å². The maximum absolute atomic E-state index is 10.7. The Balaban J connectivity index is 2.63. The van der Waals surface area contributed by atoms with Crippen molar-refractivity contribution in [3.63, 3.8) is 0 Å². The number of rotatable bonds is 1. The Hall–Kier alpha value is -1.06. The zero-order valence-corrected chi connectivity index (χ0v) is 5.63. The molecule has 0 radical (unpaired) electrons. The Bertz CT molecular complexity index is 178. The first kappa shape index (κ1) is 7.05. The smallest absolute Gasteiger partial charge is 0.316 e. The monoisotopic (exact) mass is 143 g/mol. The lowest BCUT2D eigenvalue weighted by molar-refractivity contribution is -0.145. The molecule has 0 aromatic rings. The standard InChI is InChI=1S/C6H9NO3/c1-3-2-4(6(9)10)5(8)7-3/h3-4H,2H2,1H3,(H,7,8)(H,9,10). The molecule has 0 saturated carbocycles. The lowest BCUT2D eigenvalue weighted by Gasteiger charge is -1.96. The van der Waals surface area contributed by atoms with Crippen molar-refractivity contribution in [3.8, 4) is 0 Å². The van der Waals surface area contributed by atoms with E-state index in [-0.39, 0.29) is 11.9 Å². The van der Waals surface area contributed by atoms with Crippen LogP contribution in [-0.4, -0.2) is 23.0 Å². The maximum Gasteiger partial charge on any atom is 0.316 e. The summed E-state index contributed by atoms with van der Waals surface area (Å²) >= 11 is 0. The van der Waals surface area contributed by atoms with Gasteiger partial charge >= 0.3 is 5.97 Å². The minimum Gasteiger partial charge on any atom is -0.481 e. The van der Waals surface area contributed by atoms with Gasteiger partial charge in [0, 0.05) is 6.04 Å². The van der Waals surface area contributed by atoms with Gasteiger partial charge in [-0.2, -0.15) is 0 Å². The van der Waals surface area contributed by atoms with E-state index in [2.05, 4.69) is 5.32 Å². The van der Waals surface area contributed by atoms with Crippen LogP contribution in [0.1, 0.15) is 13.3 Å². The Morgan fingerprint density at radius 1 is 1.80 bits per heavy atom. The van der Waals surface area contributed by atoms with E-state index in [9.17, 15) is 9.59 Å². The maximum atomic E-state index is 10.7. The van der Waals surface area contributed by atoms with Gasteiger partial charge in [0.2, 0.25) is 5.91 Å². The largest absolute Gasteiger partial charge is 0.481 e. The van der Waals surface area contributed by atoms with Gasteiger partial charge in [0.15, 0.2) is 0 Å². The molecule has 1 rings (SSSR count). The molecule has 2 unspecified atom stereocenters. The molecule has 1 heterocycles. The summed E-state index contributed by atoms with van der Waals surface area (Å²) in [6.45, 7) is 1.79. The number of hydrogen-bond acceptors (Lipinski definition) is 2. The summed E-state index contributed by atoms with van der Waals surface area (Å²) in [6, 6.07) is 0.00796. The van der Waals surface area contributed by atoms with Crippen LogP contribution in [0.15, 0.2) is 0 Å². The summed E-state index contributed by atoms with van der Waals surface area (Å²) in [4.78, 5) is 21.0. The zero-order valence-electron chi connectivity index (χ0n) is 5.63. The number of nitrogens with one attached hydrogen (secondary N) is 1. The summed E-state index contributed by atoms with van der Waals surface area (Å²) in [5.74, 6) is -2.21. The van der Waals surface area contributed by atoms with Crippen LogP contribution < -0.4 is 5.32 Å². The van der Waals surface area contributed by atoms with Gasteiger partial charge in [0.25, 0.3) is 0 Å². The predicted octanol–water partition coefficient (Wildman–Crippen LogP) is -0.404. The summed E-state index contributed by atoms with van der Waals surface area (Å²) in [5.41, 5.74) is 0. The molecule has 10 heavy (non-hydrogen) atoms. The molecule has 0 aromatic heterocycles. The quantitative estimate of drug-likeness (QED) is 0.490. The van der Waals surface area contributed by atoms with Crippen molar-refractivity contribution in [3.05, 3.63) is 0 Å². The van der Waals surface area contributed by atoms with E-state index in [0.29, 0.717) is 6.42 Å². The number of carboxylic acid groups (broad SMARTS) is 1. The SMILES string of the molecule is CC1CC(C(=O)O)C(=O)N1. The topological polar surface area (TPSA) is 66.4 Å². The van der Waals surface area contributed by atoms with Crippen molar-refractivity contribution in [1.29, 1.82) is 0 Å². The molecule has 1 fully saturated rings. The van der Waals surface area contributed by atoms with E-state index < -0.39 is 11.9 Å². The number of amides is 1. The number of carbonyl (C=O) groups excluding carboxylic acids is 1. The molecule has 1 amide bonds. The normalized spacial score (nSPS) is 31.9. The highest BCUT2D eigenvalue weighted by Gasteiger charge is 2.34. The molecule has 0 aromatic carbocycles. The van der Waals surface area contributed by atoms with Crippen molar-refractivity contribution in [2.24, 2.45) is 5.92 Å². The van der Waals surface area contributed by atoms with Crippen LogP contribution in [0.2, 0.25) is 0 Å². The van der Waals surface area contributed by atoms with E-state index in [4.69, 9.17) is 5.11 Å². The van der Waals surface area contributed by atoms with Gasteiger partial charge in [-0.05, 0) is 13.3 Å². The van der Waals surface area contributed by atoms with Gasteiger partial charge in [-0.25, -0.2) is 0 Å². The van der Waals surface area contributed by atoms with Crippen molar-refractivity contribution in [1.82, 2.24) is 5.32 Å². The minimum absolute atomic E-state index is 0.00796. The molecule has 56 valence electrons. The van der Waals surface area contributed by atoms with Crippen molar-refractivity contribution in [2.45, 2.75) is 19.4 Å². The van der Waals surface area contributed by atoms with Gasteiger partial charge in [-0.3, -0.25) is 9.59 Å². The minimum atomic E-state index is -1.03. The second-order valence-electron chi connectivity index (χ2n) is 2.54. The molecule has 2 N–H and O–H groups in total. The Morgan fingerprint density at radius 2 is 2.40 bits per heavy atom. The second kappa shape index (κ2) is 2.28. The van der Waals surface area contributed by atoms with E-state index in [1.165, 1.54) is 0 Å². The van der Waals surface area contributed by atoms with Gasteiger partial charge in [0.1, 0.15) is 5.92 Å². The first-order valence-corrected chi connectivity index (χ1v) is 3.14. The molecule has 2 atom stereocenters. The fourth-order valence-electron chi connectivity index (χ4n) is 1.08. The highest BCUT2D eigenvalue weighted by molar-refractivity contribution is 5.98. The van der Waals surface area contributed by atoms with Gasteiger partial charge in [0.05, 0.1) is 0 Å². The van der Waals surface area contributed by atoms with Crippen molar-refractivity contribution < 1.29 is 14.7 Å². The number of carboxylic acids is 1. The molecule has 1 saturated heterocycles. The van der Waals surface area contributed by atoms with Crippen LogP contribution in [0, 0.1) is 5.92 Å². The van der Waals surface area contributed by atoms with E-state index >= 15 is 0 Å². The second-order valence-corrected chi connectivity index (χ2v) is 2.54. The van der Waals surface area contributed by atoms with Crippen LogP contribution in [0.4, 0.5) is 0 Å². The van der Waals surface area contributed by atoms with E-state index in [1.54, 1.807) is 6.92 Å². The lowest BCUT2D eigenvalue weighted by atomic mass is 10.1. The highest BCUT2D eigenvalue weighted by atomic mass is 16.4. The molecular formula is C6H9NO3. The fraction of sp³-hybridized carbons (Fsp3) is 0.667. The average molecular weight is 143 g/mol. The number of aliphatic carboxylic acids is 1. The first-order valence-electron chi connectivity index (χ1n) is 3.14. The van der Waals surface area contributed by atoms with Crippen LogP contribution in [-0.2, 0) is 9.59 Å². The predicted molar refractivity (Wildman–Crippen MR) is 33.3 cm³/mol. The zero-order chi connectivity index (χ0) is 7.72. The summed E-state index contributed by atoms with van der Waals surface area (Å²) in [6.07, 6.45) is 0.411. The fourth-order valence-corrected chi connectivity index (χ4v) is 1.08. The van der Waals surface area contributed by atoms with Crippen LogP contribution >= 0.6 is 0 Å². The summed E-state index contributed by atoms with van der Waals surface area (Å²) in [7, 11) is 0. The average Bonchev–Trinajstić information content (AvgIpc) is 2.10. The highest BCUT2D eigenvalue weighted by Crippen LogP contribution is 2.14. The molecule has 1 aliphatic rings. The third kappa shape index (κ3) is 1.10. The number of hydrogen-bond donors (Lipinski definition) is 2. The van der Waals surface area contributed by atoms with Gasteiger partial charge < -0.3 is 10.4 Å². The molecule has 0 bridgehead atoms. The van der Waals surface area contributed by atoms with E-state index in [1.807, 2.05) is 0 Å². The number of carbonyl (C=O) groups is 2. The van der Waals surface area contributed by atoms with Gasteiger partial charge in [-0.15, -0.1) is 0 Å². The molecule has 4 heteroatoms. The third-order valence-corrected chi connectivity index (χ3v) is 1.59. The molecule has 1 aliphatic heterocycles. The Morgan fingerprint density at radius 3 is 2.60 bits per heavy atom. The van der Waals surface area contributed by atoms with E-state index in [0.717, 1.165) is 0 Å². The Kier molecular flexibility index (Phi) is 1.61. The summed E-state index contributed by atoms with van der Waals surface area (Å²) < 4.78 is 0. The van der Waals surface area contributed by atoms with Gasteiger partial charge in [-0.1, -0.05) is 0 Å². The Labute approximate surface area is 58.2 Å². The lowest BCUT2D eigenvalue weighted by Crippen LogP contribution is -2.26. The molecule has 0 spiro atoms. The summed E-state index contributed by atoms with van der Waals surface area (Å²) in [5, 5.41) is 11.0. The molecular weight excluding hydrogens is 134 g/mol. The third-order valence-electron chi connectivity index (χ3n) is 1.59. The van der Waals surface area contributed by atoms with Crippen molar-refractivity contribution in [2.75, 3.05) is 0 Å². The first-order chi connectivity index (χ1) is 4.61. The van der Waals surface area contributed by atoms with Crippen LogP contribution in [0.25, 0.3) is 0 Å². The van der Waals surface area contributed by atoms with Crippen LogP contribution in [0.5, 0.6) is 0 Å². The molecule has 4 nitrogen and oxygen atoms in total. The molecule has 0 aliphatic carbocycles. The van der Waals surface area contributed by atoms with Crippen LogP contribution in [0.3, 0.4) is 0 Å².